The number of morpholine rings is 1. The van der Waals surface area contributed by atoms with Crippen LogP contribution in [0.2, 0.25) is 10.0 Å². The minimum Gasteiger partial charge on any atom is -0.378 e. The molecule has 0 unspecified atom stereocenters. The minimum absolute atomic E-state index is 0.353. The lowest BCUT2D eigenvalue weighted by atomic mass is 10.0. The lowest BCUT2D eigenvalue weighted by molar-refractivity contribution is -0.121. The van der Waals surface area contributed by atoms with Gasteiger partial charge in [-0.2, -0.15) is 0 Å². The summed E-state index contributed by atoms with van der Waals surface area (Å²) < 4.78 is 5.40. The molecule has 7 heteroatoms. The average Bonchev–Trinajstić information content (AvgIpc) is 2.93. The molecule has 0 saturated carbocycles. The SMILES string of the molecule is O=C1C(c2ccc(Cl)cc2)=C(N2CCOCC2)C(=O)N1c1cccc(Cl)c1. The normalized spacial score (nSPS) is 17.9. The summed E-state index contributed by atoms with van der Waals surface area (Å²) in [6.07, 6.45) is 0. The molecule has 0 N–H and O–H groups in total. The highest BCUT2D eigenvalue weighted by Gasteiger charge is 2.42. The fourth-order valence-corrected chi connectivity index (χ4v) is 3.64. The van der Waals surface area contributed by atoms with E-state index in [1.165, 1.54) is 4.90 Å². The molecule has 1 saturated heterocycles. The third-order valence-electron chi connectivity index (χ3n) is 4.59. The summed E-state index contributed by atoms with van der Waals surface area (Å²) in [5, 5.41) is 1.02. The van der Waals surface area contributed by atoms with Crippen LogP contribution in [-0.4, -0.2) is 43.0 Å². The Balaban J connectivity index is 1.83. The largest absolute Gasteiger partial charge is 0.378 e. The van der Waals surface area contributed by atoms with Crippen LogP contribution in [-0.2, 0) is 14.3 Å². The van der Waals surface area contributed by atoms with E-state index in [0.717, 1.165) is 0 Å². The molecule has 2 aliphatic heterocycles. The van der Waals surface area contributed by atoms with E-state index in [4.69, 9.17) is 27.9 Å². The van der Waals surface area contributed by atoms with Gasteiger partial charge in [0.15, 0.2) is 0 Å². The van der Waals surface area contributed by atoms with Crippen LogP contribution >= 0.6 is 23.2 Å². The van der Waals surface area contributed by atoms with Crippen molar-refractivity contribution < 1.29 is 14.3 Å². The van der Waals surface area contributed by atoms with E-state index < -0.39 is 0 Å². The molecule has 5 nitrogen and oxygen atoms in total. The summed E-state index contributed by atoms with van der Waals surface area (Å²) in [7, 11) is 0. The van der Waals surface area contributed by atoms with Gasteiger partial charge < -0.3 is 9.64 Å². The maximum absolute atomic E-state index is 13.3. The molecule has 2 heterocycles. The predicted molar refractivity (Wildman–Crippen MR) is 105 cm³/mol. The first-order valence-corrected chi connectivity index (χ1v) is 9.29. The number of nitrogens with zero attached hydrogens (tertiary/aromatic N) is 2. The van der Waals surface area contributed by atoms with Crippen molar-refractivity contribution in [2.75, 3.05) is 31.2 Å². The van der Waals surface area contributed by atoms with Gasteiger partial charge in [0, 0.05) is 23.1 Å². The van der Waals surface area contributed by atoms with Crippen LogP contribution in [0.5, 0.6) is 0 Å². The molecule has 0 aliphatic carbocycles. The summed E-state index contributed by atoms with van der Waals surface area (Å²) in [6.45, 7) is 2.12. The summed E-state index contributed by atoms with van der Waals surface area (Å²) >= 11 is 12.1. The highest BCUT2D eigenvalue weighted by Crippen LogP contribution is 2.36. The number of carbonyl (C=O) groups excluding carboxylic acids is 2. The Labute approximate surface area is 166 Å². The smallest absolute Gasteiger partial charge is 0.282 e. The topological polar surface area (TPSA) is 49.9 Å². The molecular weight excluding hydrogens is 387 g/mol. The third-order valence-corrected chi connectivity index (χ3v) is 5.07. The molecule has 2 amide bonds. The van der Waals surface area contributed by atoms with Crippen molar-refractivity contribution in [1.29, 1.82) is 0 Å². The van der Waals surface area contributed by atoms with Crippen LogP contribution in [0, 0.1) is 0 Å². The molecule has 2 aliphatic rings. The van der Waals surface area contributed by atoms with Gasteiger partial charge in [-0.3, -0.25) is 9.59 Å². The van der Waals surface area contributed by atoms with Crippen LogP contribution in [0.15, 0.2) is 54.2 Å². The molecule has 0 aromatic heterocycles. The molecule has 1 fully saturated rings. The number of amides is 2. The fraction of sp³-hybridized carbons (Fsp3) is 0.200. The standard InChI is InChI=1S/C20H16Cl2N2O3/c21-14-6-4-13(5-7-14)17-18(23-8-10-27-11-9-23)20(26)24(19(17)25)16-3-1-2-15(22)12-16/h1-7,12H,8-11H2. The quantitative estimate of drug-likeness (QED) is 0.735. The van der Waals surface area contributed by atoms with E-state index in [-0.39, 0.29) is 11.8 Å². The first-order valence-electron chi connectivity index (χ1n) is 8.53. The lowest BCUT2D eigenvalue weighted by Gasteiger charge is -2.29. The second kappa shape index (κ2) is 7.35. The Kier molecular flexibility index (Phi) is 4.91. The van der Waals surface area contributed by atoms with Crippen molar-refractivity contribution in [3.05, 3.63) is 69.8 Å². The monoisotopic (exact) mass is 402 g/mol. The van der Waals surface area contributed by atoms with Gasteiger partial charge in [0.1, 0.15) is 5.70 Å². The maximum Gasteiger partial charge on any atom is 0.282 e. The molecule has 0 spiro atoms. The van der Waals surface area contributed by atoms with Crippen LogP contribution < -0.4 is 4.90 Å². The van der Waals surface area contributed by atoms with Gasteiger partial charge in [0.2, 0.25) is 0 Å². The van der Waals surface area contributed by atoms with Gasteiger partial charge in [0.05, 0.1) is 24.5 Å². The Morgan fingerprint density at radius 2 is 1.56 bits per heavy atom. The number of hydrogen-bond donors (Lipinski definition) is 0. The molecule has 0 radical (unpaired) electrons. The van der Waals surface area contributed by atoms with Gasteiger partial charge in [0.25, 0.3) is 11.8 Å². The summed E-state index contributed by atoms with van der Waals surface area (Å²) in [5.74, 6) is -0.722. The third kappa shape index (κ3) is 3.34. The predicted octanol–water partition coefficient (Wildman–Crippen LogP) is 3.61. The molecule has 2 aromatic carbocycles. The van der Waals surface area contributed by atoms with Gasteiger partial charge in [-0.05, 0) is 35.9 Å². The maximum atomic E-state index is 13.3. The van der Waals surface area contributed by atoms with Crippen molar-refractivity contribution in [2.45, 2.75) is 0 Å². The Bertz CT molecular complexity index is 934. The van der Waals surface area contributed by atoms with Gasteiger partial charge in [-0.15, -0.1) is 0 Å². The van der Waals surface area contributed by atoms with Gasteiger partial charge >= 0.3 is 0 Å². The van der Waals surface area contributed by atoms with Crippen LogP contribution in [0.3, 0.4) is 0 Å². The van der Waals surface area contributed by atoms with Crippen molar-refractivity contribution in [2.24, 2.45) is 0 Å². The highest BCUT2D eigenvalue weighted by molar-refractivity contribution is 6.45. The number of rotatable bonds is 3. The van der Waals surface area contributed by atoms with Crippen molar-refractivity contribution in [3.63, 3.8) is 0 Å². The zero-order chi connectivity index (χ0) is 19.0. The Morgan fingerprint density at radius 1 is 0.852 bits per heavy atom. The van der Waals surface area contributed by atoms with E-state index in [0.29, 0.717) is 58.9 Å². The fourth-order valence-electron chi connectivity index (χ4n) is 3.32. The number of halogens is 2. The molecular formula is C20H16Cl2N2O3. The molecule has 138 valence electrons. The molecule has 4 rings (SSSR count). The van der Waals surface area contributed by atoms with Crippen LogP contribution in [0.4, 0.5) is 5.69 Å². The molecule has 0 bridgehead atoms. The number of anilines is 1. The number of carbonyl (C=O) groups is 2. The Hall–Kier alpha value is -2.34. The molecule has 27 heavy (non-hydrogen) atoms. The van der Waals surface area contributed by atoms with Crippen LogP contribution in [0.25, 0.3) is 5.57 Å². The van der Waals surface area contributed by atoms with Gasteiger partial charge in [-0.25, -0.2) is 4.90 Å². The Morgan fingerprint density at radius 3 is 2.22 bits per heavy atom. The van der Waals surface area contributed by atoms with E-state index in [1.54, 1.807) is 48.5 Å². The van der Waals surface area contributed by atoms with Crippen molar-refractivity contribution >= 4 is 46.3 Å². The minimum atomic E-state index is -0.369. The zero-order valence-corrected chi connectivity index (χ0v) is 15.8. The van der Waals surface area contributed by atoms with E-state index in [1.807, 2.05) is 4.90 Å². The van der Waals surface area contributed by atoms with E-state index >= 15 is 0 Å². The van der Waals surface area contributed by atoms with Crippen molar-refractivity contribution in [3.8, 4) is 0 Å². The molecule has 2 aromatic rings. The lowest BCUT2D eigenvalue weighted by Crippen LogP contribution is -2.40. The number of imide groups is 1. The first-order chi connectivity index (χ1) is 13.1. The zero-order valence-electron chi connectivity index (χ0n) is 14.3. The number of ether oxygens (including phenoxy) is 1. The second-order valence-corrected chi connectivity index (χ2v) is 7.13. The number of hydrogen-bond acceptors (Lipinski definition) is 4. The molecule has 0 atom stereocenters. The average molecular weight is 403 g/mol. The summed E-state index contributed by atoms with van der Waals surface area (Å²) in [5.41, 5.74) is 1.88. The van der Waals surface area contributed by atoms with E-state index in [2.05, 4.69) is 0 Å². The first kappa shape index (κ1) is 18.0. The second-order valence-electron chi connectivity index (χ2n) is 6.26. The van der Waals surface area contributed by atoms with Crippen molar-refractivity contribution in [1.82, 2.24) is 4.90 Å². The van der Waals surface area contributed by atoms with Gasteiger partial charge in [-0.1, -0.05) is 41.4 Å². The highest BCUT2D eigenvalue weighted by atomic mass is 35.5. The van der Waals surface area contributed by atoms with E-state index in [9.17, 15) is 9.59 Å². The summed E-state index contributed by atoms with van der Waals surface area (Å²) in [4.78, 5) is 29.6. The van der Waals surface area contributed by atoms with Crippen LogP contribution in [0.1, 0.15) is 5.56 Å². The summed E-state index contributed by atoms with van der Waals surface area (Å²) in [6, 6.07) is 13.7. The number of benzene rings is 2.